The van der Waals surface area contributed by atoms with Gasteiger partial charge in [0.05, 0.1) is 37.1 Å². The maximum absolute atomic E-state index is 14.3. The van der Waals surface area contributed by atoms with Crippen LogP contribution < -0.4 is 19.1 Å². The second-order valence-corrected chi connectivity index (χ2v) is 13.7. The highest BCUT2D eigenvalue weighted by atomic mass is 32.2. The summed E-state index contributed by atoms with van der Waals surface area (Å²) >= 11 is 0. The monoisotopic (exact) mass is 649 g/mol. The third kappa shape index (κ3) is 6.75. The number of rotatable bonds is 13. The Bertz CT molecular complexity index is 1660. The smallest absolute Gasteiger partial charge is 0.278 e. The molecule has 46 heavy (non-hydrogen) atoms. The van der Waals surface area contributed by atoms with E-state index in [4.69, 9.17) is 9.47 Å². The van der Waals surface area contributed by atoms with Gasteiger partial charge in [0.25, 0.3) is 22.0 Å². The minimum Gasteiger partial charge on any atom is -0.493 e. The van der Waals surface area contributed by atoms with Crippen LogP contribution in [0.1, 0.15) is 63.7 Å². The van der Waals surface area contributed by atoms with E-state index >= 15 is 0 Å². The molecule has 0 aromatic heterocycles. The van der Waals surface area contributed by atoms with E-state index in [9.17, 15) is 18.0 Å². The Kier molecular flexibility index (Phi) is 10.3. The lowest BCUT2D eigenvalue weighted by molar-refractivity contribution is 0.0572. The molecule has 2 aliphatic rings. The lowest BCUT2D eigenvalue weighted by Crippen LogP contribution is -2.47. The van der Waals surface area contributed by atoms with Gasteiger partial charge in [0.15, 0.2) is 11.5 Å². The number of ether oxygens (including phenoxy) is 2. The highest BCUT2D eigenvalue weighted by molar-refractivity contribution is 7.87. The molecule has 3 aromatic carbocycles. The molecule has 0 spiro atoms. The predicted molar refractivity (Wildman–Crippen MR) is 178 cm³/mol. The summed E-state index contributed by atoms with van der Waals surface area (Å²) in [4.78, 5) is 34.3. The van der Waals surface area contributed by atoms with Crippen molar-refractivity contribution in [1.82, 2.24) is 18.8 Å². The van der Waals surface area contributed by atoms with Crippen molar-refractivity contribution in [3.8, 4) is 11.5 Å². The van der Waals surface area contributed by atoms with E-state index in [0.29, 0.717) is 41.0 Å². The number of carbonyl (C=O) groups excluding carboxylic acids is 2. The molecule has 2 amide bonds. The van der Waals surface area contributed by atoms with Gasteiger partial charge in [0.1, 0.15) is 0 Å². The second kappa shape index (κ2) is 14.2. The van der Waals surface area contributed by atoms with Crippen LogP contribution in [0.3, 0.4) is 0 Å². The Morgan fingerprint density at radius 1 is 0.848 bits per heavy atom. The number of methoxy groups -OCH3 is 2. The molecule has 11 nitrogen and oxygen atoms in total. The van der Waals surface area contributed by atoms with E-state index < -0.39 is 16.3 Å². The maximum Gasteiger partial charge on any atom is 0.278 e. The van der Waals surface area contributed by atoms with Crippen LogP contribution in [-0.2, 0) is 10.2 Å². The molecule has 246 valence electrons. The molecule has 2 aliphatic heterocycles. The van der Waals surface area contributed by atoms with E-state index in [1.165, 1.54) is 31.7 Å². The van der Waals surface area contributed by atoms with Gasteiger partial charge in [-0.15, -0.1) is 0 Å². The van der Waals surface area contributed by atoms with E-state index in [0.717, 1.165) is 36.2 Å². The molecule has 1 fully saturated rings. The first-order valence-corrected chi connectivity index (χ1v) is 16.9. The summed E-state index contributed by atoms with van der Waals surface area (Å²) in [5, 5.41) is 0. The van der Waals surface area contributed by atoms with Crippen LogP contribution >= 0.6 is 0 Å². The zero-order valence-electron chi connectivity index (χ0n) is 27.1. The summed E-state index contributed by atoms with van der Waals surface area (Å²) < 4.78 is 39.2. The quantitative estimate of drug-likeness (QED) is 0.218. The lowest BCUT2D eigenvalue weighted by Gasteiger charge is -2.39. The van der Waals surface area contributed by atoms with Gasteiger partial charge in [0, 0.05) is 52.9 Å². The number of imide groups is 1. The first-order valence-electron chi connectivity index (χ1n) is 15.5. The molecule has 1 saturated heterocycles. The van der Waals surface area contributed by atoms with Crippen molar-refractivity contribution in [3.05, 3.63) is 89.0 Å². The molecule has 2 unspecified atom stereocenters. The summed E-state index contributed by atoms with van der Waals surface area (Å²) in [6.45, 7) is 5.45. The predicted octanol–water partition coefficient (Wildman–Crippen LogP) is 4.10. The van der Waals surface area contributed by atoms with Crippen LogP contribution in [0.4, 0.5) is 5.69 Å². The summed E-state index contributed by atoms with van der Waals surface area (Å²) in [5.41, 5.74) is 3.50. The van der Waals surface area contributed by atoms with Crippen molar-refractivity contribution < 1.29 is 27.5 Å². The molecule has 0 radical (unpaired) electrons. The Labute approximate surface area is 271 Å². The SMILES string of the molecule is COc1ccc(C(CCCNS(=O)(=O)N(C)C)N2C(=O)c3cccc(N4CCN(C(C)c5ccccc5)CC4)c3C2=O)cc1OC. The molecular weight excluding hydrogens is 606 g/mol. The minimum absolute atomic E-state index is 0.143. The van der Waals surface area contributed by atoms with Gasteiger partial charge in [-0.3, -0.25) is 19.4 Å². The average molecular weight is 650 g/mol. The highest BCUT2D eigenvalue weighted by Crippen LogP contribution is 2.40. The van der Waals surface area contributed by atoms with Gasteiger partial charge in [-0.2, -0.15) is 12.7 Å². The molecule has 1 N–H and O–H groups in total. The largest absolute Gasteiger partial charge is 0.493 e. The number of hydrogen-bond donors (Lipinski definition) is 1. The number of amides is 2. The summed E-state index contributed by atoms with van der Waals surface area (Å²) in [5.74, 6) is 0.267. The van der Waals surface area contributed by atoms with E-state index in [-0.39, 0.29) is 24.4 Å². The summed E-state index contributed by atoms with van der Waals surface area (Å²) in [7, 11) is 2.36. The number of carbonyl (C=O) groups is 2. The molecule has 2 atom stereocenters. The lowest BCUT2D eigenvalue weighted by atomic mass is 9.99. The Balaban J connectivity index is 1.40. The van der Waals surface area contributed by atoms with Crippen molar-refractivity contribution in [3.63, 3.8) is 0 Å². The number of nitrogens with zero attached hydrogens (tertiary/aromatic N) is 4. The Morgan fingerprint density at radius 2 is 1.54 bits per heavy atom. The van der Waals surface area contributed by atoms with Crippen LogP contribution in [-0.4, -0.2) is 95.4 Å². The molecule has 0 bridgehead atoms. The molecule has 0 aliphatic carbocycles. The topological polar surface area (TPSA) is 112 Å². The van der Waals surface area contributed by atoms with Gasteiger partial charge >= 0.3 is 0 Å². The van der Waals surface area contributed by atoms with Crippen LogP contribution in [0.2, 0.25) is 0 Å². The van der Waals surface area contributed by atoms with E-state index in [2.05, 4.69) is 45.7 Å². The molecule has 0 saturated carbocycles. The fraction of sp³-hybridized carbons (Fsp3) is 0.412. The number of anilines is 1. The highest BCUT2D eigenvalue weighted by Gasteiger charge is 2.43. The summed E-state index contributed by atoms with van der Waals surface area (Å²) in [6.07, 6.45) is 0.718. The van der Waals surface area contributed by atoms with Crippen molar-refractivity contribution >= 4 is 27.7 Å². The number of hydrogen-bond acceptors (Lipinski definition) is 8. The first kappa shape index (κ1) is 33.4. The molecule has 12 heteroatoms. The Hall–Kier alpha value is -3.97. The van der Waals surface area contributed by atoms with Crippen LogP contribution in [0, 0.1) is 0 Å². The Morgan fingerprint density at radius 3 is 2.20 bits per heavy atom. The molecule has 2 heterocycles. The summed E-state index contributed by atoms with van der Waals surface area (Å²) in [6, 6.07) is 20.8. The third-order valence-corrected chi connectivity index (χ3v) is 10.5. The van der Waals surface area contributed by atoms with Gasteiger partial charge in [-0.1, -0.05) is 42.5 Å². The van der Waals surface area contributed by atoms with Crippen molar-refractivity contribution in [2.75, 3.05) is 65.9 Å². The molecular formula is C34H43N5O6S. The number of nitrogens with one attached hydrogen (secondary N) is 1. The molecule has 5 rings (SSSR count). The third-order valence-electron chi connectivity index (χ3n) is 8.93. The second-order valence-electron chi connectivity index (χ2n) is 11.7. The fourth-order valence-corrected chi connectivity index (χ4v) is 6.92. The van der Waals surface area contributed by atoms with Gasteiger partial charge in [-0.05, 0) is 55.2 Å². The first-order chi connectivity index (χ1) is 22.1. The zero-order chi connectivity index (χ0) is 33.0. The van der Waals surface area contributed by atoms with Gasteiger partial charge in [0.2, 0.25) is 0 Å². The average Bonchev–Trinajstić information content (AvgIpc) is 3.33. The van der Waals surface area contributed by atoms with E-state index in [1.54, 1.807) is 25.3 Å². The van der Waals surface area contributed by atoms with Crippen molar-refractivity contribution in [1.29, 1.82) is 0 Å². The number of benzene rings is 3. The van der Waals surface area contributed by atoms with Crippen LogP contribution in [0.5, 0.6) is 11.5 Å². The van der Waals surface area contributed by atoms with E-state index in [1.807, 2.05) is 24.3 Å². The minimum atomic E-state index is -3.62. The van der Waals surface area contributed by atoms with Gasteiger partial charge < -0.3 is 14.4 Å². The normalized spacial score (nSPS) is 16.9. The van der Waals surface area contributed by atoms with Crippen molar-refractivity contribution in [2.45, 2.75) is 31.8 Å². The fourth-order valence-electron chi connectivity index (χ4n) is 6.26. The van der Waals surface area contributed by atoms with Crippen LogP contribution in [0.25, 0.3) is 0 Å². The zero-order valence-corrected chi connectivity index (χ0v) is 27.9. The molecule has 3 aromatic rings. The standard InChI is InChI=1S/C34H43N5O6S/c1-24(25-11-7-6-8-12-25)37-19-21-38(22-20-37)29-14-9-13-27-32(29)34(41)39(33(27)40)28(15-10-18-35-46(42,43)36(2)3)26-16-17-30(44-4)31(23-26)45-5/h6-9,11-14,16-17,23-24,28,35H,10,15,18-22H2,1-5H3. The number of fused-ring (bicyclic) bond motifs is 1. The van der Waals surface area contributed by atoms with Crippen molar-refractivity contribution in [2.24, 2.45) is 0 Å². The number of piperazine rings is 1. The maximum atomic E-state index is 14.3. The van der Waals surface area contributed by atoms with Crippen LogP contribution in [0.15, 0.2) is 66.7 Å². The van der Waals surface area contributed by atoms with Gasteiger partial charge in [-0.25, -0.2) is 4.72 Å².